The summed E-state index contributed by atoms with van der Waals surface area (Å²) in [7, 11) is 0. The Morgan fingerprint density at radius 1 is 0.396 bits per heavy atom. The smallest absolute Gasteiger partial charge is 0.227 e. The Morgan fingerprint density at radius 2 is 0.938 bits per heavy atom. The second-order valence-corrected chi connectivity index (χ2v) is 11.7. The number of para-hydroxylation sites is 4. The molecule has 0 amide bonds. The minimum Gasteiger partial charge on any atom is -0.436 e. The first kappa shape index (κ1) is 27.7. The van der Waals surface area contributed by atoms with Gasteiger partial charge in [-0.2, -0.15) is 0 Å². The second-order valence-electron chi connectivity index (χ2n) is 11.7. The monoisotopic (exact) mass is 616 g/mol. The molecule has 226 valence electrons. The van der Waals surface area contributed by atoms with Gasteiger partial charge in [-0.25, -0.2) is 15.0 Å². The Labute approximate surface area is 277 Å². The standard InChI is InChI=1S/C43H28N4O/c1-2-12-30(13-3-1)41-42(45-37-17-7-6-16-36(37)44-41)31-21-25-33(26-22-31)47(39-19-10-14-29-11-4-5-15-35(29)39)34-27-23-32(24-28-34)43-46-38-18-8-9-20-40(38)48-43/h1-28H. The van der Waals surface area contributed by atoms with Crippen molar-refractivity contribution in [3.63, 3.8) is 0 Å². The highest BCUT2D eigenvalue weighted by Gasteiger charge is 2.18. The number of nitrogens with zero attached hydrogens (tertiary/aromatic N) is 4. The highest BCUT2D eigenvalue weighted by atomic mass is 16.3. The van der Waals surface area contributed by atoms with E-state index in [2.05, 4.69) is 108 Å². The lowest BCUT2D eigenvalue weighted by molar-refractivity contribution is 0.620. The van der Waals surface area contributed by atoms with Crippen molar-refractivity contribution in [1.82, 2.24) is 15.0 Å². The van der Waals surface area contributed by atoms with E-state index in [4.69, 9.17) is 19.4 Å². The maximum atomic E-state index is 6.07. The normalized spacial score (nSPS) is 11.3. The molecule has 0 bridgehead atoms. The van der Waals surface area contributed by atoms with Crippen LogP contribution in [-0.2, 0) is 0 Å². The summed E-state index contributed by atoms with van der Waals surface area (Å²) in [5.41, 5.74) is 11.2. The van der Waals surface area contributed by atoms with Gasteiger partial charge in [-0.15, -0.1) is 0 Å². The lowest BCUT2D eigenvalue weighted by Gasteiger charge is -2.27. The van der Waals surface area contributed by atoms with E-state index < -0.39 is 0 Å². The topological polar surface area (TPSA) is 55.1 Å². The number of oxazole rings is 1. The molecule has 0 spiro atoms. The molecule has 5 heteroatoms. The van der Waals surface area contributed by atoms with Crippen molar-refractivity contribution in [2.24, 2.45) is 0 Å². The maximum Gasteiger partial charge on any atom is 0.227 e. The molecule has 7 aromatic carbocycles. The number of hydrogen-bond donors (Lipinski definition) is 0. The SMILES string of the molecule is c1ccc(-c2nc3ccccc3nc2-c2ccc(N(c3ccc(-c4nc5ccccc5o4)cc3)c3cccc4ccccc34)cc2)cc1. The van der Waals surface area contributed by atoms with E-state index in [9.17, 15) is 0 Å². The average Bonchev–Trinajstić information content (AvgIpc) is 3.60. The highest BCUT2D eigenvalue weighted by molar-refractivity contribution is 5.99. The van der Waals surface area contributed by atoms with Gasteiger partial charge in [0.15, 0.2) is 5.58 Å². The summed E-state index contributed by atoms with van der Waals surface area (Å²) in [6, 6.07) is 58.1. The van der Waals surface area contributed by atoms with E-state index in [-0.39, 0.29) is 0 Å². The van der Waals surface area contributed by atoms with Gasteiger partial charge in [0.25, 0.3) is 0 Å². The molecular weight excluding hydrogens is 589 g/mol. The lowest BCUT2D eigenvalue weighted by Crippen LogP contribution is -2.10. The van der Waals surface area contributed by atoms with Gasteiger partial charge in [-0.3, -0.25) is 0 Å². The van der Waals surface area contributed by atoms with E-state index in [0.29, 0.717) is 5.89 Å². The molecule has 0 aliphatic carbocycles. The van der Waals surface area contributed by atoms with Crippen LogP contribution in [0.2, 0.25) is 0 Å². The van der Waals surface area contributed by atoms with Gasteiger partial charge in [0, 0.05) is 33.5 Å². The van der Waals surface area contributed by atoms with E-state index in [1.165, 1.54) is 10.8 Å². The number of hydrogen-bond acceptors (Lipinski definition) is 5. The zero-order valence-corrected chi connectivity index (χ0v) is 25.9. The molecule has 2 aromatic heterocycles. The molecule has 0 atom stereocenters. The predicted octanol–water partition coefficient (Wildman–Crippen LogP) is 11.4. The third-order valence-corrected chi connectivity index (χ3v) is 8.69. The van der Waals surface area contributed by atoms with Crippen molar-refractivity contribution in [3.05, 3.63) is 170 Å². The van der Waals surface area contributed by atoms with Crippen molar-refractivity contribution in [2.45, 2.75) is 0 Å². The fraction of sp³-hybridized carbons (Fsp3) is 0. The molecule has 0 radical (unpaired) electrons. The van der Waals surface area contributed by atoms with Crippen molar-refractivity contribution in [1.29, 1.82) is 0 Å². The minimum absolute atomic E-state index is 0.606. The molecule has 9 aromatic rings. The molecule has 0 aliphatic heterocycles. The highest BCUT2D eigenvalue weighted by Crippen LogP contribution is 2.41. The fourth-order valence-corrected chi connectivity index (χ4v) is 6.35. The number of rotatable bonds is 6. The Bertz CT molecular complexity index is 2520. The molecule has 0 unspecified atom stereocenters. The van der Waals surface area contributed by atoms with Crippen LogP contribution >= 0.6 is 0 Å². The lowest BCUT2D eigenvalue weighted by atomic mass is 10.0. The number of anilines is 3. The van der Waals surface area contributed by atoms with Gasteiger partial charge in [-0.05, 0) is 72.1 Å². The van der Waals surface area contributed by atoms with Crippen LogP contribution in [0.5, 0.6) is 0 Å². The van der Waals surface area contributed by atoms with Crippen molar-refractivity contribution < 1.29 is 4.42 Å². The van der Waals surface area contributed by atoms with Crippen LogP contribution in [0, 0.1) is 0 Å². The fourth-order valence-electron chi connectivity index (χ4n) is 6.35. The van der Waals surface area contributed by atoms with Crippen molar-refractivity contribution in [3.8, 4) is 34.0 Å². The van der Waals surface area contributed by atoms with Gasteiger partial charge in [0.2, 0.25) is 5.89 Å². The first-order valence-electron chi connectivity index (χ1n) is 16.0. The second kappa shape index (κ2) is 11.6. The first-order chi connectivity index (χ1) is 23.8. The Kier molecular flexibility index (Phi) is 6.72. The van der Waals surface area contributed by atoms with Gasteiger partial charge >= 0.3 is 0 Å². The Morgan fingerprint density at radius 3 is 1.62 bits per heavy atom. The van der Waals surface area contributed by atoms with E-state index in [1.54, 1.807) is 0 Å². The van der Waals surface area contributed by atoms with Crippen LogP contribution in [0.15, 0.2) is 174 Å². The molecule has 5 nitrogen and oxygen atoms in total. The zero-order chi connectivity index (χ0) is 31.9. The third kappa shape index (κ3) is 4.95. The molecule has 0 saturated heterocycles. The molecule has 0 fully saturated rings. The summed E-state index contributed by atoms with van der Waals surface area (Å²) in [5.74, 6) is 0.606. The van der Waals surface area contributed by atoms with Crippen LogP contribution < -0.4 is 4.90 Å². The van der Waals surface area contributed by atoms with E-state index in [1.807, 2.05) is 66.7 Å². The van der Waals surface area contributed by atoms with Crippen LogP contribution in [0.4, 0.5) is 17.1 Å². The van der Waals surface area contributed by atoms with Gasteiger partial charge in [0.1, 0.15) is 5.52 Å². The number of fused-ring (bicyclic) bond motifs is 3. The summed E-state index contributed by atoms with van der Waals surface area (Å²) in [5, 5.41) is 2.34. The summed E-state index contributed by atoms with van der Waals surface area (Å²) < 4.78 is 6.07. The predicted molar refractivity (Wildman–Crippen MR) is 196 cm³/mol. The van der Waals surface area contributed by atoms with Gasteiger partial charge in [-0.1, -0.05) is 103 Å². The van der Waals surface area contributed by atoms with Crippen LogP contribution in [0.25, 0.3) is 66.9 Å². The minimum atomic E-state index is 0.606. The van der Waals surface area contributed by atoms with Gasteiger partial charge < -0.3 is 9.32 Å². The van der Waals surface area contributed by atoms with Crippen molar-refractivity contribution in [2.75, 3.05) is 4.90 Å². The molecule has 0 N–H and O–H groups in total. The van der Waals surface area contributed by atoms with Crippen LogP contribution in [-0.4, -0.2) is 15.0 Å². The average molecular weight is 617 g/mol. The van der Waals surface area contributed by atoms with Crippen LogP contribution in [0.3, 0.4) is 0 Å². The summed E-state index contributed by atoms with van der Waals surface area (Å²) >= 11 is 0. The van der Waals surface area contributed by atoms with E-state index in [0.717, 1.165) is 67.3 Å². The molecular formula is C43H28N4O. The van der Waals surface area contributed by atoms with E-state index >= 15 is 0 Å². The number of benzene rings is 7. The molecule has 48 heavy (non-hydrogen) atoms. The quantitative estimate of drug-likeness (QED) is 0.186. The Hall–Kier alpha value is -6.59. The molecule has 0 aliphatic rings. The zero-order valence-electron chi connectivity index (χ0n) is 25.9. The largest absolute Gasteiger partial charge is 0.436 e. The summed E-state index contributed by atoms with van der Waals surface area (Å²) in [6.45, 7) is 0. The Balaban J connectivity index is 1.16. The summed E-state index contributed by atoms with van der Waals surface area (Å²) in [6.07, 6.45) is 0. The first-order valence-corrected chi connectivity index (χ1v) is 16.0. The van der Waals surface area contributed by atoms with Crippen LogP contribution in [0.1, 0.15) is 0 Å². The maximum absolute atomic E-state index is 6.07. The van der Waals surface area contributed by atoms with Gasteiger partial charge in [0.05, 0.1) is 28.1 Å². The molecule has 0 saturated carbocycles. The van der Waals surface area contributed by atoms with Crippen molar-refractivity contribution >= 4 is 50.0 Å². The summed E-state index contributed by atoms with van der Waals surface area (Å²) in [4.78, 5) is 17.2. The third-order valence-electron chi connectivity index (χ3n) is 8.69. The molecule has 9 rings (SSSR count). The molecule has 2 heterocycles. The number of aromatic nitrogens is 3.